The van der Waals surface area contributed by atoms with Crippen LogP contribution >= 0.6 is 0 Å². The molecule has 0 aliphatic heterocycles. The van der Waals surface area contributed by atoms with Gasteiger partial charge in [0.15, 0.2) is 17.3 Å². The molecule has 0 radical (unpaired) electrons. The van der Waals surface area contributed by atoms with E-state index in [9.17, 15) is 9.18 Å². The predicted molar refractivity (Wildman–Crippen MR) is 52.3 cm³/mol. The van der Waals surface area contributed by atoms with Crippen molar-refractivity contribution >= 4 is 5.78 Å². The molecule has 4 heteroatoms. The number of hydrogen-bond donors (Lipinski definition) is 0. The van der Waals surface area contributed by atoms with E-state index >= 15 is 0 Å². The summed E-state index contributed by atoms with van der Waals surface area (Å²) in [5.41, 5.74) is 0.804. The Kier molecular flexibility index (Phi) is 2.34. The smallest absolute Gasteiger partial charge is 0.166 e. The first-order valence-corrected chi connectivity index (χ1v) is 4.60. The van der Waals surface area contributed by atoms with Gasteiger partial charge in [-0.1, -0.05) is 0 Å². The Morgan fingerprint density at radius 3 is 2.47 bits per heavy atom. The second-order valence-electron chi connectivity index (χ2n) is 3.39. The van der Waals surface area contributed by atoms with Crippen LogP contribution in [-0.4, -0.2) is 20.0 Å². The van der Waals surface area contributed by atoms with E-state index in [0.29, 0.717) is 22.6 Å². The van der Waals surface area contributed by atoms with E-state index in [0.717, 1.165) is 0 Å². The molecular formula is C11H11FO3. The van der Waals surface area contributed by atoms with Gasteiger partial charge in [-0.2, -0.15) is 0 Å². The molecule has 0 aromatic heterocycles. The van der Waals surface area contributed by atoms with Crippen molar-refractivity contribution in [1.82, 2.24) is 0 Å². The van der Waals surface area contributed by atoms with Gasteiger partial charge in [-0.15, -0.1) is 0 Å². The van der Waals surface area contributed by atoms with Gasteiger partial charge in [-0.25, -0.2) is 4.39 Å². The van der Waals surface area contributed by atoms with Crippen LogP contribution in [0.4, 0.5) is 4.39 Å². The number of methoxy groups -OCH3 is 2. The monoisotopic (exact) mass is 210 g/mol. The Labute approximate surface area is 86.8 Å². The van der Waals surface area contributed by atoms with E-state index in [4.69, 9.17) is 9.47 Å². The number of carbonyl (C=O) groups excluding carboxylic acids is 1. The van der Waals surface area contributed by atoms with Crippen LogP contribution < -0.4 is 9.47 Å². The summed E-state index contributed by atoms with van der Waals surface area (Å²) in [5, 5.41) is 0. The number of alkyl halides is 1. The zero-order valence-electron chi connectivity index (χ0n) is 8.54. The number of benzene rings is 1. The molecule has 0 saturated carbocycles. The van der Waals surface area contributed by atoms with E-state index in [1.165, 1.54) is 26.4 Å². The molecule has 0 N–H and O–H groups in total. The number of rotatable bonds is 2. The van der Waals surface area contributed by atoms with Crippen LogP contribution in [0, 0.1) is 0 Å². The van der Waals surface area contributed by atoms with Crippen LogP contribution in [0.15, 0.2) is 12.1 Å². The van der Waals surface area contributed by atoms with Crippen LogP contribution in [0.3, 0.4) is 0 Å². The Morgan fingerprint density at radius 2 is 1.87 bits per heavy atom. The summed E-state index contributed by atoms with van der Waals surface area (Å²) in [6, 6.07) is 3.07. The minimum atomic E-state index is -1.22. The van der Waals surface area contributed by atoms with Crippen molar-refractivity contribution in [2.75, 3.05) is 14.2 Å². The van der Waals surface area contributed by atoms with Crippen molar-refractivity contribution in [2.24, 2.45) is 0 Å². The Hall–Kier alpha value is -1.58. The average molecular weight is 210 g/mol. The fourth-order valence-corrected chi connectivity index (χ4v) is 1.78. The maximum absolute atomic E-state index is 13.4. The van der Waals surface area contributed by atoms with Gasteiger partial charge in [-0.3, -0.25) is 4.79 Å². The van der Waals surface area contributed by atoms with Crippen molar-refractivity contribution in [1.29, 1.82) is 0 Å². The Morgan fingerprint density at radius 1 is 1.27 bits per heavy atom. The second-order valence-corrected chi connectivity index (χ2v) is 3.39. The molecular weight excluding hydrogens is 199 g/mol. The molecule has 1 aromatic carbocycles. The molecule has 1 aliphatic rings. The third-order valence-electron chi connectivity index (χ3n) is 2.56. The Bertz CT molecular complexity index is 415. The molecule has 1 aliphatic carbocycles. The fraction of sp³-hybridized carbons (Fsp3) is 0.364. The molecule has 1 aromatic rings. The van der Waals surface area contributed by atoms with Gasteiger partial charge in [0.25, 0.3) is 0 Å². The minimum Gasteiger partial charge on any atom is -0.493 e. The van der Waals surface area contributed by atoms with E-state index in [2.05, 4.69) is 0 Å². The summed E-state index contributed by atoms with van der Waals surface area (Å²) in [6.45, 7) is 0. The van der Waals surface area contributed by atoms with Gasteiger partial charge in [-0.05, 0) is 12.1 Å². The van der Waals surface area contributed by atoms with Crippen molar-refractivity contribution in [3.05, 3.63) is 23.3 Å². The van der Waals surface area contributed by atoms with Crippen LogP contribution in [0.2, 0.25) is 0 Å². The van der Waals surface area contributed by atoms with Crippen molar-refractivity contribution < 1.29 is 18.7 Å². The summed E-state index contributed by atoms with van der Waals surface area (Å²) in [5.74, 6) is 0.728. The first-order valence-electron chi connectivity index (χ1n) is 4.60. The van der Waals surface area contributed by atoms with Gasteiger partial charge in [0.05, 0.1) is 14.2 Å². The molecule has 0 fully saturated rings. The largest absolute Gasteiger partial charge is 0.493 e. The third kappa shape index (κ3) is 1.46. The lowest BCUT2D eigenvalue weighted by atomic mass is 10.1. The zero-order valence-corrected chi connectivity index (χ0v) is 8.54. The number of fused-ring (bicyclic) bond motifs is 1. The van der Waals surface area contributed by atoms with E-state index in [-0.39, 0.29) is 12.2 Å². The maximum Gasteiger partial charge on any atom is 0.166 e. The molecule has 2 rings (SSSR count). The van der Waals surface area contributed by atoms with E-state index < -0.39 is 6.17 Å². The lowest BCUT2D eigenvalue weighted by molar-refractivity contribution is 0.0972. The molecule has 0 saturated heterocycles. The standard InChI is InChI=1S/C11H11FO3/c1-14-10-3-6-7(4-11(10)15-2)9(13)5-8(6)12/h3-4,8H,5H2,1-2H3. The quantitative estimate of drug-likeness (QED) is 0.751. The number of Topliss-reactive ketones (excluding diaryl/α,β-unsaturated/α-hetero) is 1. The second kappa shape index (κ2) is 3.53. The minimum absolute atomic E-state index is 0.0777. The Balaban J connectivity index is 2.58. The number of halogens is 1. The zero-order chi connectivity index (χ0) is 11.0. The number of carbonyl (C=O) groups is 1. The lowest BCUT2D eigenvalue weighted by Gasteiger charge is -2.09. The highest BCUT2D eigenvalue weighted by atomic mass is 19.1. The normalized spacial score (nSPS) is 18.9. The lowest BCUT2D eigenvalue weighted by Crippen LogP contribution is -1.96. The summed E-state index contributed by atoms with van der Waals surface area (Å²) >= 11 is 0. The van der Waals surface area contributed by atoms with Gasteiger partial charge >= 0.3 is 0 Å². The average Bonchev–Trinajstić information content (AvgIpc) is 2.52. The highest BCUT2D eigenvalue weighted by molar-refractivity contribution is 6.01. The van der Waals surface area contributed by atoms with E-state index in [1.807, 2.05) is 0 Å². The summed E-state index contributed by atoms with van der Waals surface area (Å²) in [7, 11) is 2.96. The van der Waals surface area contributed by atoms with E-state index in [1.54, 1.807) is 0 Å². The molecule has 15 heavy (non-hydrogen) atoms. The van der Waals surface area contributed by atoms with Crippen LogP contribution in [0.5, 0.6) is 11.5 Å². The molecule has 1 atom stereocenters. The summed E-state index contributed by atoms with van der Waals surface area (Å²) < 4.78 is 23.5. The molecule has 3 nitrogen and oxygen atoms in total. The number of hydrogen-bond acceptors (Lipinski definition) is 3. The molecule has 80 valence electrons. The molecule has 1 unspecified atom stereocenters. The predicted octanol–water partition coefficient (Wildman–Crippen LogP) is 2.30. The van der Waals surface area contributed by atoms with Crippen LogP contribution in [-0.2, 0) is 0 Å². The first-order chi connectivity index (χ1) is 7.17. The first kappa shape index (κ1) is 9.96. The topological polar surface area (TPSA) is 35.5 Å². The third-order valence-corrected chi connectivity index (χ3v) is 2.56. The van der Waals surface area contributed by atoms with Gasteiger partial charge in [0.2, 0.25) is 0 Å². The van der Waals surface area contributed by atoms with Crippen LogP contribution in [0.25, 0.3) is 0 Å². The van der Waals surface area contributed by atoms with Crippen LogP contribution in [0.1, 0.15) is 28.5 Å². The molecule has 0 spiro atoms. The number of ether oxygens (including phenoxy) is 2. The van der Waals surface area contributed by atoms with Crippen molar-refractivity contribution in [2.45, 2.75) is 12.6 Å². The molecule has 0 amide bonds. The van der Waals surface area contributed by atoms with Crippen molar-refractivity contribution in [3.63, 3.8) is 0 Å². The van der Waals surface area contributed by atoms with Crippen molar-refractivity contribution in [3.8, 4) is 11.5 Å². The highest BCUT2D eigenvalue weighted by Crippen LogP contribution is 2.40. The number of ketones is 1. The summed E-state index contributed by atoms with van der Waals surface area (Å²) in [6.07, 6.45) is -1.29. The fourth-order valence-electron chi connectivity index (χ4n) is 1.78. The SMILES string of the molecule is COc1cc2c(cc1OC)C(F)CC2=O. The molecule has 0 heterocycles. The summed E-state index contributed by atoms with van der Waals surface area (Å²) in [4.78, 5) is 11.4. The highest BCUT2D eigenvalue weighted by Gasteiger charge is 2.31. The van der Waals surface area contributed by atoms with Gasteiger partial charge < -0.3 is 9.47 Å². The molecule has 0 bridgehead atoms. The van der Waals surface area contributed by atoms with Gasteiger partial charge in [0.1, 0.15) is 6.17 Å². The maximum atomic E-state index is 13.4. The van der Waals surface area contributed by atoms with Gasteiger partial charge in [0, 0.05) is 17.5 Å².